The monoisotopic (exact) mass is 215 g/mol. The molecule has 0 rings (SSSR count). The normalized spacial score (nSPS) is 13.9. The molecule has 0 saturated heterocycles. The summed E-state index contributed by atoms with van der Waals surface area (Å²) in [5, 5.41) is 11.9. The summed E-state index contributed by atoms with van der Waals surface area (Å²) < 4.78 is 5.06. The molecule has 15 heavy (non-hydrogen) atoms. The second-order valence-corrected chi connectivity index (χ2v) is 3.54. The molecule has 1 unspecified atom stereocenters. The Labute approximate surface area is 91.3 Å². The lowest BCUT2D eigenvalue weighted by Gasteiger charge is -2.15. The Morgan fingerprint density at radius 1 is 1.60 bits per heavy atom. The molecule has 0 aromatic heterocycles. The minimum Gasteiger partial charge on any atom is -0.478 e. The summed E-state index contributed by atoms with van der Waals surface area (Å²) in [6, 6.07) is 0.304. The molecule has 0 saturated carbocycles. The van der Waals surface area contributed by atoms with Gasteiger partial charge in [-0.2, -0.15) is 0 Å². The summed E-state index contributed by atoms with van der Waals surface area (Å²) in [7, 11) is 1.67. The zero-order valence-electron chi connectivity index (χ0n) is 9.75. The van der Waals surface area contributed by atoms with Gasteiger partial charge in [-0.3, -0.25) is 0 Å². The van der Waals surface area contributed by atoms with Crippen LogP contribution in [0.15, 0.2) is 11.6 Å². The molecule has 4 nitrogen and oxygen atoms in total. The molecular weight excluding hydrogens is 194 g/mol. The van der Waals surface area contributed by atoms with Gasteiger partial charge in [0.25, 0.3) is 0 Å². The van der Waals surface area contributed by atoms with E-state index in [2.05, 4.69) is 12.2 Å². The first-order valence-electron chi connectivity index (χ1n) is 5.24. The predicted octanol–water partition coefficient (Wildman–Crippen LogP) is 1.42. The maximum absolute atomic E-state index is 10.5. The summed E-state index contributed by atoms with van der Waals surface area (Å²) in [6.45, 7) is 4.94. The molecule has 0 heterocycles. The van der Waals surface area contributed by atoms with Crippen molar-refractivity contribution < 1.29 is 14.6 Å². The van der Waals surface area contributed by atoms with Crippen LogP contribution in [-0.2, 0) is 9.53 Å². The van der Waals surface area contributed by atoms with Gasteiger partial charge in [0.1, 0.15) is 0 Å². The van der Waals surface area contributed by atoms with Gasteiger partial charge in [-0.25, -0.2) is 4.79 Å². The fraction of sp³-hybridized carbons (Fsp3) is 0.727. The number of carbonyl (C=O) groups is 1. The highest BCUT2D eigenvalue weighted by Gasteiger charge is 2.05. The van der Waals surface area contributed by atoms with Gasteiger partial charge in [0.15, 0.2) is 0 Å². The topological polar surface area (TPSA) is 58.6 Å². The molecule has 0 aromatic rings. The molecule has 88 valence electrons. The minimum atomic E-state index is -0.865. The number of rotatable bonds is 8. The van der Waals surface area contributed by atoms with E-state index in [1.165, 1.54) is 0 Å². The van der Waals surface area contributed by atoms with Crippen molar-refractivity contribution in [2.75, 3.05) is 20.3 Å². The van der Waals surface area contributed by atoms with Gasteiger partial charge in [0.2, 0.25) is 0 Å². The molecule has 0 aliphatic heterocycles. The van der Waals surface area contributed by atoms with Crippen molar-refractivity contribution in [3.8, 4) is 0 Å². The summed E-state index contributed by atoms with van der Waals surface area (Å²) in [5.74, 6) is -0.865. The van der Waals surface area contributed by atoms with Crippen molar-refractivity contribution in [1.82, 2.24) is 5.32 Å². The molecule has 2 N–H and O–H groups in total. The summed E-state index contributed by atoms with van der Waals surface area (Å²) in [4.78, 5) is 10.5. The van der Waals surface area contributed by atoms with Gasteiger partial charge in [-0.1, -0.05) is 19.4 Å². The lowest BCUT2D eigenvalue weighted by Crippen LogP contribution is -2.33. The third-order valence-electron chi connectivity index (χ3n) is 2.16. The van der Waals surface area contributed by atoms with Crippen LogP contribution in [0.5, 0.6) is 0 Å². The molecule has 0 amide bonds. The molecular formula is C11H21NO3. The van der Waals surface area contributed by atoms with E-state index in [0.29, 0.717) is 24.8 Å². The van der Waals surface area contributed by atoms with E-state index in [9.17, 15) is 4.79 Å². The van der Waals surface area contributed by atoms with Gasteiger partial charge < -0.3 is 15.2 Å². The molecule has 0 aromatic carbocycles. The van der Waals surface area contributed by atoms with E-state index in [4.69, 9.17) is 9.84 Å². The Morgan fingerprint density at radius 3 is 2.73 bits per heavy atom. The second-order valence-electron chi connectivity index (χ2n) is 3.54. The van der Waals surface area contributed by atoms with Crippen molar-refractivity contribution in [1.29, 1.82) is 0 Å². The number of ether oxygens (including phenoxy) is 1. The van der Waals surface area contributed by atoms with Crippen LogP contribution in [0.1, 0.15) is 26.7 Å². The first kappa shape index (κ1) is 14.1. The van der Waals surface area contributed by atoms with Crippen molar-refractivity contribution in [2.45, 2.75) is 32.7 Å². The van der Waals surface area contributed by atoms with Gasteiger partial charge >= 0.3 is 5.97 Å². The Bertz CT molecular complexity index is 208. The van der Waals surface area contributed by atoms with Crippen LogP contribution in [0.2, 0.25) is 0 Å². The Morgan fingerprint density at radius 2 is 2.27 bits per heavy atom. The standard InChI is InChI=1S/C11H21NO3/c1-4-5-10(8-15-3)12-7-6-9(2)11(13)14/h6,10,12H,4-5,7-8H2,1-3H3,(H,13,14)/b9-6-. The molecule has 0 aliphatic rings. The van der Waals surface area contributed by atoms with Crippen molar-refractivity contribution in [3.63, 3.8) is 0 Å². The fourth-order valence-electron chi connectivity index (χ4n) is 1.26. The number of carboxylic acids is 1. The highest BCUT2D eigenvalue weighted by molar-refractivity contribution is 5.85. The zero-order valence-corrected chi connectivity index (χ0v) is 9.75. The maximum atomic E-state index is 10.5. The van der Waals surface area contributed by atoms with E-state index in [1.807, 2.05) is 0 Å². The average Bonchev–Trinajstić information content (AvgIpc) is 2.18. The molecule has 0 bridgehead atoms. The van der Waals surface area contributed by atoms with Crippen LogP contribution in [0.4, 0.5) is 0 Å². The van der Waals surface area contributed by atoms with Crippen LogP contribution in [0.3, 0.4) is 0 Å². The number of methoxy groups -OCH3 is 1. The van der Waals surface area contributed by atoms with Crippen LogP contribution < -0.4 is 5.32 Å². The largest absolute Gasteiger partial charge is 0.478 e. The van der Waals surface area contributed by atoms with E-state index < -0.39 is 5.97 Å². The van der Waals surface area contributed by atoms with Crippen LogP contribution in [0.25, 0.3) is 0 Å². The third-order valence-corrected chi connectivity index (χ3v) is 2.16. The number of aliphatic carboxylic acids is 1. The summed E-state index contributed by atoms with van der Waals surface area (Å²) in [6.07, 6.45) is 3.80. The van der Waals surface area contributed by atoms with Gasteiger partial charge in [0.05, 0.1) is 6.61 Å². The van der Waals surface area contributed by atoms with Gasteiger partial charge in [-0.05, 0) is 13.3 Å². The Hall–Kier alpha value is -0.870. The van der Waals surface area contributed by atoms with E-state index >= 15 is 0 Å². The van der Waals surface area contributed by atoms with Crippen molar-refractivity contribution >= 4 is 5.97 Å². The molecule has 0 radical (unpaired) electrons. The lowest BCUT2D eigenvalue weighted by molar-refractivity contribution is -0.132. The predicted molar refractivity (Wildman–Crippen MR) is 60.0 cm³/mol. The van der Waals surface area contributed by atoms with Crippen LogP contribution in [-0.4, -0.2) is 37.4 Å². The first-order chi connectivity index (χ1) is 7.11. The molecule has 4 heteroatoms. The van der Waals surface area contributed by atoms with Crippen molar-refractivity contribution in [2.24, 2.45) is 0 Å². The number of carboxylic acid groups (broad SMARTS) is 1. The van der Waals surface area contributed by atoms with Gasteiger partial charge in [0, 0.05) is 25.3 Å². The van der Waals surface area contributed by atoms with E-state index in [-0.39, 0.29) is 0 Å². The molecule has 0 spiro atoms. The van der Waals surface area contributed by atoms with Crippen molar-refractivity contribution in [3.05, 3.63) is 11.6 Å². The SMILES string of the molecule is CCCC(COC)NC/C=C(/C)C(=O)O. The van der Waals surface area contributed by atoms with E-state index in [0.717, 1.165) is 12.8 Å². The average molecular weight is 215 g/mol. The Balaban J connectivity index is 3.88. The Kier molecular flexibility index (Phi) is 7.95. The zero-order chi connectivity index (χ0) is 11.7. The first-order valence-corrected chi connectivity index (χ1v) is 5.24. The molecule has 0 fully saturated rings. The summed E-state index contributed by atoms with van der Waals surface area (Å²) >= 11 is 0. The van der Waals surface area contributed by atoms with Gasteiger partial charge in [-0.15, -0.1) is 0 Å². The van der Waals surface area contributed by atoms with Crippen LogP contribution >= 0.6 is 0 Å². The smallest absolute Gasteiger partial charge is 0.330 e. The van der Waals surface area contributed by atoms with Crippen LogP contribution in [0, 0.1) is 0 Å². The number of hydrogen-bond acceptors (Lipinski definition) is 3. The molecule has 0 aliphatic carbocycles. The quantitative estimate of drug-likeness (QED) is 0.601. The highest BCUT2D eigenvalue weighted by atomic mass is 16.5. The number of nitrogens with one attached hydrogen (secondary N) is 1. The minimum absolute atomic E-state index is 0.304. The molecule has 1 atom stereocenters. The fourth-order valence-corrected chi connectivity index (χ4v) is 1.26. The highest BCUT2D eigenvalue weighted by Crippen LogP contribution is 1.97. The second kappa shape index (κ2) is 8.44. The number of hydrogen-bond donors (Lipinski definition) is 2. The summed E-state index contributed by atoms with van der Waals surface area (Å²) in [5.41, 5.74) is 0.371. The lowest BCUT2D eigenvalue weighted by atomic mass is 10.2. The third kappa shape index (κ3) is 7.11. The maximum Gasteiger partial charge on any atom is 0.330 e. The van der Waals surface area contributed by atoms with E-state index in [1.54, 1.807) is 20.1 Å².